The maximum atomic E-state index is 11.8. The fourth-order valence-corrected chi connectivity index (χ4v) is 1.94. The van der Waals surface area contributed by atoms with Gasteiger partial charge in [0.1, 0.15) is 12.3 Å². The standard InChI is InChI=1S/C15H17NO4/c1-16(10-15(18)19-2)14(17)6-4-11-3-5-13-12(9-11)7-8-20-13/h3-6,9H,7-8,10H2,1-2H3. The van der Waals surface area contributed by atoms with Crippen LogP contribution in [0.15, 0.2) is 24.3 Å². The highest BCUT2D eigenvalue weighted by molar-refractivity contribution is 5.93. The molecule has 1 aromatic rings. The number of esters is 1. The van der Waals surface area contributed by atoms with E-state index in [4.69, 9.17) is 4.74 Å². The minimum absolute atomic E-state index is 0.0578. The molecule has 0 radical (unpaired) electrons. The molecule has 0 saturated carbocycles. The Hall–Kier alpha value is -2.30. The molecule has 0 unspecified atom stereocenters. The maximum absolute atomic E-state index is 11.8. The van der Waals surface area contributed by atoms with Gasteiger partial charge in [-0.25, -0.2) is 0 Å². The molecule has 0 aromatic heterocycles. The first-order valence-electron chi connectivity index (χ1n) is 6.36. The molecule has 0 saturated heterocycles. The van der Waals surface area contributed by atoms with E-state index in [1.807, 2.05) is 18.2 Å². The lowest BCUT2D eigenvalue weighted by Crippen LogP contribution is -2.31. The number of ether oxygens (including phenoxy) is 2. The highest BCUT2D eigenvalue weighted by Crippen LogP contribution is 2.26. The number of likely N-dealkylation sites (N-methyl/N-ethyl adjacent to an activating group) is 1. The Bertz CT molecular complexity index is 551. The van der Waals surface area contributed by atoms with Crippen LogP contribution in [0.4, 0.5) is 0 Å². The molecule has 0 aliphatic carbocycles. The number of fused-ring (bicyclic) bond motifs is 1. The maximum Gasteiger partial charge on any atom is 0.325 e. The molecule has 1 aliphatic heterocycles. The van der Waals surface area contributed by atoms with Gasteiger partial charge in [-0.1, -0.05) is 6.07 Å². The average Bonchev–Trinajstić information content (AvgIpc) is 2.91. The number of nitrogens with zero attached hydrogens (tertiary/aromatic N) is 1. The van der Waals surface area contributed by atoms with Crippen molar-refractivity contribution in [3.63, 3.8) is 0 Å². The lowest BCUT2D eigenvalue weighted by molar-refractivity contribution is -0.144. The summed E-state index contributed by atoms with van der Waals surface area (Å²) in [7, 11) is 2.85. The Kier molecular flexibility index (Phi) is 4.40. The Morgan fingerprint density at radius 2 is 2.25 bits per heavy atom. The van der Waals surface area contributed by atoms with Gasteiger partial charge in [0.2, 0.25) is 5.91 Å². The molecule has 1 amide bonds. The van der Waals surface area contributed by atoms with Crippen molar-refractivity contribution < 1.29 is 19.1 Å². The van der Waals surface area contributed by atoms with Gasteiger partial charge < -0.3 is 14.4 Å². The Morgan fingerprint density at radius 3 is 3.00 bits per heavy atom. The van der Waals surface area contributed by atoms with Crippen LogP contribution in [-0.2, 0) is 20.7 Å². The summed E-state index contributed by atoms with van der Waals surface area (Å²) in [5.74, 6) is 0.229. The second-order valence-electron chi connectivity index (χ2n) is 4.57. The van der Waals surface area contributed by atoms with Crippen LogP contribution in [0.2, 0.25) is 0 Å². The zero-order valence-corrected chi connectivity index (χ0v) is 11.6. The van der Waals surface area contributed by atoms with Gasteiger partial charge in [-0.2, -0.15) is 0 Å². The zero-order chi connectivity index (χ0) is 14.5. The van der Waals surface area contributed by atoms with E-state index in [0.717, 1.165) is 23.3 Å². The Morgan fingerprint density at radius 1 is 1.45 bits per heavy atom. The van der Waals surface area contributed by atoms with Crippen molar-refractivity contribution in [2.45, 2.75) is 6.42 Å². The van der Waals surface area contributed by atoms with E-state index >= 15 is 0 Å². The first-order valence-corrected chi connectivity index (χ1v) is 6.36. The molecule has 0 bridgehead atoms. The molecule has 0 N–H and O–H groups in total. The molecular formula is C15H17NO4. The second-order valence-corrected chi connectivity index (χ2v) is 4.57. The van der Waals surface area contributed by atoms with Crippen LogP contribution >= 0.6 is 0 Å². The van der Waals surface area contributed by atoms with Crippen LogP contribution in [0.3, 0.4) is 0 Å². The Labute approximate surface area is 117 Å². The number of hydrogen-bond donors (Lipinski definition) is 0. The third-order valence-electron chi connectivity index (χ3n) is 3.10. The van der Waals surface area contributed by atoms with Gasteiger partial charge in [-0.3, -0.25) is 9.59 Å². The molecular weight excluding hydrogens is 258 g/mol. The Balaban J connectivity index is 1.98. The van der Waals surface area contributed by atoms with Gasteiger partial charge >= 0.3 is 5.97 Å². The summed E-state index contributed by atoms with van der Waals surface area (Å²) in [6.45, 7) is 0.654. The van der Waals surface area contributed by atoms with Crippen molar-refractivity contribution >= 4 is 18.0 Å². The largest absolute Gasteiger partial charge is 0.493 e. The van der Waals surface area contributed by atoms with Crippen molar-refractivity contribution in [2.24, 2.45) is 0 Å². The summed E-state index contributed by atoms with van der Waals surface area (Å²) in [6.07, 6.45) is 4.07. The summed E-state index contributed by atoms with van der Waals surface area (Å²) in [6, 6.07) is 5.81. The number of hydrogen-bond acceptors (Lipinski definition) is 4. The smallest absolute Gasteiger partial charge is 0.325 e. The number of rotatable bonds is 4. The van der Waals surface area contributed by atoms with E-state index in [-0.39, 0.29) is 12.5 Å². The third-order valence-corrected chi connectivity index (χ3v) is 3.10. The van der Waals surface area contributed by atoms with Crippen LogP contribution in [0.25, 0.3) is 6.08 Å². The van der Waals surface area contributed by atoms with Crippen LogP contribution in [-0.4, -0.2) is 44.1 Å². The van der Waals surface area contributed by atoms with Crippen LogP contribution in [0, 0.1) is 0 Å². The van der Waals surface area contributed by atoms with Gasteiger partial charge in [0.15, 0.2) is 0 Å². The van der Waals surface area contributed by atoms with Crippen molar-refractivity contribution in [1.82, 2.24) is 4.90 Å². The number of carbonyl (C=O) groups excluding carboxylic acids is 2. The van der Waals surface area contributed by atoms with E-state index in [9.17, 15) is 9.59 Å². The first-order chi connectivity index (χ1) is 9.60. The van der Waals surface area contributed by atoms with Crippen LogP contribution in [0.5, 0.6) is 5.75 Å². The lowest BCUT2D eigenvalue weighted by atomic mass is 10.1. The summed E-state index contributed by atoms with van der Waals surface area (Å²) in [5.41, 5.74) is 2.09. The van der Waals surface area contributed by atoms with Gasteiger partial charge in [0.25, 0.3) is 0 Å². The van der Waals surface area contributed by atoms with Gasteiger partial charge in [0.05, 0.1) is 13.7 Å². The molecule has 0 atom stereocenters. The third kappa shape index (κ3) is 3.38. The lowest BCUT2D eigenvalue weighted by Gasteiger charge is -2.12. The normalized spacial score (nSPS) is 12.9. The summed E-state index contributed by atoms with van der Waals surface area (Å²) < 4.78 is 9.94. The monoisotopic (exact) mass is 275 g/mol. The van der Waals surface area contributed by atoms with E-state index < -0.39 is 5.97 Å². The van der Waals surface area contributed by atoms with Crippen LogP contribution in [0.1, 0.15) is 11.1 Å². The molecule has 1 aromatic carbocycles. The quantitative estimate of drug-likeness (QED) is 0.613. The average molecular weight is 275 g/mol. The second kappa shape index (κ2) is 6.23. The number of amides is 1. The highest BCUT2D eigenvalue weighted by Gasteiger charge is 2.12. The van der Waals surface area contributed by atoms with E-state index in [1.165, 1.54) is 18.1 Å². The van der Waals surface area contributed by atoms with Gasteiger partial charge in [0, 0.05) is 19.5 Å². The van der Waals surface area contributed by atoms with Gasteiger partial charge in [-0.05, 0) is 29.3 Å². The summed E-state index contributed by atoms with van der Waals surface area (Å²) in [4.78, 5) is 24.2. The number of benzene rings is 1. The highest BCUT2D eigenvalue weighted by atomic mass is 16.5. The predicted molar refractivity (Wildman–Crippen MR) is 74.3 cm³/mol. The zero-order valence-electron chi connectivity index (χ0n) is 11.6. The van der Waals surface area contributed by atoms with Crippen molar-refractivity contribution in [3.8, 4) is 5.75 Å². The summed E-state index contributed by atoms with van der Waals surface area (Å²) >= 11 is 0. The van der Waals surface area contributed by atoms with Gasteiger partial charge in [-0.15, -0.1) is 0 Å². The molecule has 0 fully saturated rings. The summed E-state index contributed by atoms with van der Waals surface area (Å²) in [5, 5.41) is 0. The minimum atomic E-state index is -0.441. The molecule has 5 heteroatoms. The predicted octanol–water partition coefficient (Wildman–Crippen LogP) is 1.27. The molecule has 1 aliphatic rings. The fraction of sp³-hybridized carbons (Fsp3) is 0.333. The van der Waals surface area contributed by atoms with Crippen molar-refractivity contribution in [3.05, 3.63) is 35.4 Å². The van der Waals surface area contributed by atoms with E-state index in [2.05, 4.69) is 4.74 Å². The first kappa shape index (κ1) is 14.1. The minimum Gasteiger partial charge on any atom is -0.493 e. The molecule has 0 spiro atoms. The van der Waals surface area contributed by atoms with Crippen molar-refractivity contribution in [1.29, 1.82) is 0 Å². The number of carbonyl (C=O) groups is 2. The topological polar surface area (TPSA) is 55.8 Å². The molecule has 1 heterocycles. The van der Waals surface area contributed by atoms with E-state index in [0.29, 0.717) is 6.61 Å². The van der Waals surface area contributed by atoms with Crippen molar-refractivity contribution in [2.75, 3.05) is 27.3 Å². The van der Waals surface area contributed by atoms with E-state index in [1.54, 1.807) is 13.1 Å². The van der Waals surface area contributed by atoms with Crippen LogP contribution < -0.4 is 4.74 Å². The fourth-order valence-electron chi connectivity index (χ4n) is 1.94. The number of methoxy groups -OCH3 is 1. The molecule has 20 heavy (non-hydrogen) atoms. The molecule has 2 rings (SSSR count). The molecule has 106 valence electrons. The molecule has 5 nitrogen and oxygen atoms in total. The SMILES string of the molecule is COC(=O)CN(C)C(=O)C=Cc1ccc2c(c1)CCO2.